The second kappa shape index (κ2) is 10.3. The van der Waals surface area contributed by atoms with Crippen LogP contribution >= 0.6 is 27.7 Å². The molecule has 0 saturated heterocycles. The van der Waals surface area contributed by atoms with Crippen LogP contribution in [0.3, 0.4) is 0 Å². The molecule has 3 aromatic rings. The van der Waals surface area contributed by atoms with Gasteiger partial charge in [-0.1, -0.05) is 39.8 Å². The maximum absolute atomic E-state index is 12.1. The SMILES string of the molecule is COc1ccc(/C=N\NC(=O)CSc2nnc(-c3ccc(Br)cc3)n2C)c(OC)c1. The van der Waals surface area contributed by atoms with Crippen LogP contribution in [0.5, 0.6) is 11.5 Å². The molecule has 1 heterocycles. The van der Waals surface area contributed by atoms with E-state index in [0.717, 1.165) is 21.4 Å². The number of hydrogen-bond acceptors (Lipinski definition) is 7. The first-order valence-corrected chi connectivity index (χ1v) is 10.6. The molecule has 1 amide bonds. The molecule has 3 rings (SSSR count). The predicted octanol–water partition coefficient (Wildman–Crippen LogP) is 3.50. The van der Waals surface area contributed by atoms with Crippen molar-refractivity contribution < 1.29 is 14.3 Å². The van der Waals surface area contributed by atoms with Crippen molar-refractivity contribution >= 4 is 39.8 Å². The fourth-order valence-electron chi connectivity index (χ4n) is 2.55. The Balaban J connectivity index is 1.56. The van der Waals surface area contributed by atoms with E-state index in [4.69, 9.17) is 9.47 Å². The Morgan fingerprint density at radius 2 is 1.97 bits per heavy atom. The highest BCUT2D eigenvalue weighted by molar-refractivity contribution is 9.10. The smallest absolute Gasteiger partial charge is 0.250 e. The highest BCUT2D eigenvalue weighted by Gasteiger charge is 2.13. The minimum atomic E-state index is -0.253. The van der Waals surface area contributed by atoms with Crippen LogP contribution in [-0.4, -0.2) is 46.9 Å². The number of methoxy groups -OCH3 is 2. The van der Waals surface area contributed by atoms with Crippen LogP contribution in [0.15, 0.2) is 57.2 Å². The molecule has 156 valence electrons. The van der Waals surface area contributed by atoms with E-state index in [1.165, 1.54) is 18.0 Å². The summed E-state index contributed by atoms with van der Waals surface area (Å²) in [7, 11) is 5.01. The van der Waals surface area contributed by atoms with E-state index in [9.17, 15) is 4.79 Å². The number of ether oxygens (including phenoxy) is 2. The van der Waals surface area contributed by atoms with Gasteiger partial charge < -0.3 is 14.0 Å². The van der Waals surface area contributed by atoms with E-state index >= 15 is 0 Å². The fraction of sp³-hybridized carbons (Fsp3) is 0.200. The fourth-order valence-corrected chi connectivity index (χ4v) is 3.52. The number of amides is 1. The molecule has 0 aliphatic rings. The van der Waals surface area contributed by atoms with E-state index in [2.05, 4.69) is 36.7 Å². The van der Waals surface area contributed by atoms with Crippen LogP contribution in [0.1, 0.15) is 5.56 Å². The number of nitrogens with zero attached hydrogens (tertiary/aromatic N) is 4. The van der Waals surface area contributed by atoms with Crippen LogP contribution in [0, 0.1) is 0 Å². The summed E-state index contributed by atoms with van der Waals surface area (Å²) in [5.41, 5.74) is 4.17. The molecular weight excluding hydrogens is 470 g/mol. The number of benzene rings is 2. The molecule has 8 nitrogen and oxygen atoms in total. The number of carbonyl (C=O) groups is 1. The molecule has 0 unspecified atom stereocenters. The number of rotatable bonds is 8. The van der Waals surface area contributed by atoms with E-state index < -0.39 is 0 Å². The van der Waals surface area contributed by atoms with Crippen molar-refractivity contribution in [3.63, 3.8) is 0 Å². The third-order valence-electron chi connectivity index (χ3n) is 4.10. The Labute approximate surface area is 186 Å². The molecule has 2 aromatic carbocycles. The summed E-state index contributed by atoms with van der Waals surface area (Å²) in [4.78, 5) is 12.1. The number of hydrazone groups is 1. The third-order valence-corrected chi connectivity index (χ3v) is 5.65. The lowest BCUT2D eigenvalue weighted by molar-refractivity contribution is -0.118. The average molecular weight is 490 g/mol. The number of aromatic nitrogens is 3. The first-order valence-electron chi connectivity index (χ1n) is 8.84. The highest BCUT2D eigenvalue weighted by atomic mass is 79.9. The molecule has 0 spiro atoms. The summed E-state index contributed by atoms with van der Waals surface area (Å²) in [6.07, 6.45) is 1.52. The molecule has 0 bridgehead atoms. The zero-order valence-electron chi connectivity index (χ0n) is 16.6. The lowest BCUT2D eigenvalue weighted by Gasteiger charge is -2.07. The summed E-state index contributed by atoms with van der Waals surface area (Å²) in [6, 6.07) is 13.1. The summed E-state index contributed by atoms with van der Waals surface area (Å²) in [6.45, 7) is 0. The predicted molar refractivity (Wildman–Crippen MR) is 120 cm³/mol. The van der Waals surface area contributed by atoms with Crippen LogP contribution in [0.25, 0.3) is 11.4 Å². The molecule has 0 saturated carbocycles. The van der Waals surface area contributed by atoms with Gasteiger partial charge in [0, 0.05) is 28.7 Å². The van der Waals surface area contributed by atoms with Gasteiger partial charge in [0.05, 0.1) is 26.2 Å². The number of hydrogen-bond donors (Lipinski definition) is 1. The van der Waals surface area contributed by atoms with Gasteiger partial charge in [-0.05, 0) is 24.3 Å². The Morgan fingerprint density at radius 3 is 2.67 bits per heavy atom. The molecule has 30 heavy (non-hydrogen) atoms. The van der Waals surface area contributed by atoms with Crippen molar-refractivity contribution in [2.45, 2.75) is 5.16 Å². The van der Waals surface area contributed by atoms with Crippen molar-refractivity contribution in [3.05, 3.63) is 52.5 Å². The van der Waals surface area contributed by atoms with Gasteiger partial charge in [-0.3, -0.25) is 4.79 Å². The van der Waals surface area contributed by atoms with Gasteiger partial charge in [0.1, 0.15) is 11.5 Å². The van der Waals surface area contributed by atoms with E-state index in [0.29, 0.717) is 16.7 Å². The normalized spacial score (nSPS) is 10.9. The van der Waals surface area contributed by atoms with Gasteiger partial charge in [-0.25, -0.2) is 5.43 Å². The topological polar surface area (TPSA) is 90.6 Å². The zero-order valence-corrected chi connectivity index (χ0v) is 19.0. The third kappa shape index (κ3) is 5.39. The van der Waals surface area contributed by atoms with E-state index in [1.54, 1.807) is 32.4 Å². The second-order valence-corrected chi connectivity index (χ2v) is 7.92. The van der Waals surface area contributed by atoms with Gasteiger partial charge in [-0.2, -0.15) is 5.10 Å². The second-order valence-electron chi connectivity index (χ2n) is 6.06. The maximum atomic E-state index is 12.1. The highest BCUT2D eigenvalue weighted by Crippen LogP contribution is 2.24. The van der Waals surface area contributed by atoms with E-state index in [-0.39, 0.29) is 11.7 Å². The van der Waals surface area contributed by atoms with E-state index in [1.807, 2.05) is 35.9 Å². The molecule has 0 radical (unpaired) electrons. The Morgan fingerprint density at radius 1 is 1.20 bits per heavy atom. The Kier molecular flexibility index (Phi) is 7.47. The van der Waals surface area contributed by atoms with Crippen LogP contribution in [0.2, 0.25) is 0 Å². The van der Waals surface area contributed by atoms with Gasteiger partial charge in [0.2, 0.25) is 0 Å². The molecule has 10 heteroatoms. The number of thioether (sulfide) groups is 1. The van der Waals surface area contributed by atoms with Crippen molar-refractivity contribution in [2.24, 2.45) is 12.1 Å². The number of nitrogens with one attached hydrogen (secondary N) is 1. The molecular formula is C20H20BrN5O3S. The summed E-state index contributed by atoms with van der Waals surface area (Å²) in [5, 5.41) is 13.0. The Hall–Kier alpha value is -2.85. The van der Waals surface area contributed by atoms with Gasteiger partial charge in [0.25, 0.3) is 5.91 Å². The van der Waals surface area contributed by atoms with Crippen LogP contribution < -0.4 is 14.9 Å². The first kappa shape index (κ1) is 21.8. The largest absolute Gasteiger partial charge is 0.497 e. The van der Waals surface area contributed by atoms with Crippen molar-refractivity contribution in [1.82, 2.24) is 20.2 Å². The van der Waals surface area contributed by atoms with Crippen molar-refractivity contribution in [1.29, 1.82) is 0 Å². The maximum Gasteiger partial charge on any atom is 0.250 e. The van der Waals surface area contributed by atoms with Gasteiger partial charge in [-0.15, -0.1) is 10.2 Å². The molecule has 0 fully saturated rings. The summed E-state index contributed by atoms with van der Waals surface area (Å²) in [5.74, 6) is 1.91. The summed E-state index contributed by atoms with van der Waals surface area (Å²) >= 11 is 4.70. The van der Waals surface area contributed by atoms with Crippen molar-refractivity contribution in [3.8, 4) is 22.9 Å². The Bertz CT molecular complexity index is 1050. The molecule has 0 aliphatic carbocycles. The first-order chi connectivity index (χ1) is 14.5. The zero-order chi connectivity index (χ0) is 21.5. The lowest BCUT2D eigenvalue weighted by atomic mass is 10.2. The number of halogens is 1. The molecule has 1 N–H and O–H groups in total. The molecule has 0 aliphatic heterocycles. The summed E-state index contributed by atoms with van der Waals surface area (Å²) < 4.78 is 13.3. The van der Waals surface area contributed by atoms with Crippen LogP contribution in [-0.2, 0) is 11.8 Å². The minimum absolute atomic E-state index is 0.156. The standard InChI is InChI=1S/C20H20BrN5O3S/c1-26-19(13-4-7-15(21)8-5-13)24-25-20(26)30-12-18(27)23-22-11-14-6-9-16(28-2)10-17(14)29-3/h4-11H,12H2,1-3H3,(H,23,27)/b22-11-. The molecule has 1 aromatic heterocycles. The lowest BCUT2D eigenvalue weighted by Crippen LogP contribution is -2.20. The quantitative estimate of drug-likeness (QED) is 0.295. The van der Waals surface area contributed by atoms with Gasteiger partial charge >= 0.3 is 0 Å². The average Bonchev–Trinajstić information content (AvgIpc) is 3.13. The van der Waals surface area contributed by atoms with Crippen molar-refractivity contribution in [2.75, 3.05) is 20.0 Å². The number of carbonyl (C=O) groups excluding carboxylic acids is 1. The van der Waals surface area contributed by atoms with Crippen LogP contribution in [0.4, 0.5) is 0 Å². The monoisotopic (exact) mass is 489 g/mol. The van der Waals surface area contributed by atoms with Gasteiger partial charge in [0.15, 0.2) is 11.0 Å². The minimum Gasteiger partial charge on any atom is -0.497 e. The molecule has 0 atom stereocenters.